The normalized spacial score (nSPS) is 22.2. The molecule has 2 rings (SSSR count). The molecule has 1 heterocycles. The summed E-state index contributed by atoms with van der Waals surface area (Å²) in [5, 5.41) is 2.76. The van der Waals surface area contributed by atoms with Gasteiger partial charge in [0, 0.05) is 31.4 Å². The second kappa shape index (κ2) is 6.35. The van der Waals surface area contributed by atoms with Crippen LogP contribution in [-0.2, 0) is 11.3 Å². The van der Waals surface area contributed by atoms with Crippen LogP contribution >= 0.6 is 0 Å². The Hall–Kier alpha value is -1.75. The van der Waals surface area contributed by atoms with Crippen LogP contribution in [0.5, 0.6) is 5.75 Å². The number of nitrogens with zero attached hydrogens (tertiary/aromatic N) is 1. The van der Waals surface area contributed by atoms with Gasteiger partial charge in [-0.15, -0.1) is 0 Å². The van der Waals surface area contributed by atoms with E-state index < -0.39 is 0 Å². The molecule has 0 aromatic heterocycles. The summed E-state index contributed by atoms with van der Waals surface area (Å²) in [6.07, 6.45) is 0.874. The fourth-order valence-corrected chi connectivity index (χ4v) is 2.94. The molecule has 1 aliphatic heterocycles. The molecule has 1 unspecified atom stereocenters. The average molecular weight is 291 g/mol. The summed E-state index contributed by atoms with van der Waals surface area (Å²) in [6.45, 7) is 7.05. The first-order valence-corrected chi connectivity index (χ1v) is 7.44. The molecule has 1 aromatic carbocycles. The Morgan fingerprint density at radius 3 is 2.95 bits per heavy atom. The van der Waals surface area contributed by atoms with E-state index in [-0.39, 0.29) is 11.3 Å². The van der Waals surface area contributed by atoms with Crippen LogP contribution in [-0.4, -0.2) is 37.6 Å². The summed E-state index contributed by atoms with van der Waals surface area (Å²) in [5.41, 5.74) is 7.40. The van der Waals surface area contributed by atoms with Crippen LogP contribution in [0.3, 0.4) is 0 Å². The van der Waals surface area contributed by atoms with Gasteiger partial charge in [0.05, 0.1) is 12.0 Å². The monoisotopic (exact) mass is 291 g/mol. The molecule has 0 aliphatic carbocycles. The second-order valence-electron chi connectivity index (χ2n) is 5.90. The van der Waals surface area contributed by atoms with Crippen LogP contribution in [0.2, 0.25) is 0 Å². The average Bonchev–Trinajstić information content (AvgIpc) is 2.84. The van der Waals surface area contributed by atoms with E-state index in [0.29, 0.717) is 6.61 Å². The first-order valence-electron chi connectivity index (χ1n) is 7.44. The van der Waals surface area contributed by atoms with Crippen LogP contribution < -0.4 is 15.8 Å². The molecule has 1 aromatic rings. The van der Waals surface area contributed by atoms with Crippen molar-refractivity contribution in [2.75, 3.05) is 32.5 Å². The molecule has 0 spiro atoms. The lowest BCUT2D eigenvalue weighted by atomic mass is 9.89. The number of hydrogen-bond acceptors (Lipinski definition) is 4. The van der Waals surface area contributed by atoms with Crippen molar-refractivity contribution < 1.29 is 9.53 Å². The molecule has 5 heteroatoms. The van der Waals surface area contributed by atoms with E-state index in [9.17, 15) is 4.79 Å². The first-order chi connectivity index (χ1) is 9.98. The quantitative estimate of drug-likeness (QED) is 0.809. The van der Waals surface area contributed by atoms with Gasteiger partial charge in [-0.1, -0.05) is 0 Å². The summed E-state index contributed by atoms with van der Waals surface area (Å²) >= 11 is 0. The first kappa shape index (κ1) is 15.6. The number of carbonyl (C=O) groups is 1. The number of nitrogen functional groups attached to an aromatic ring is 1. The van der Waals surface area contributed by atoms with Crippen molar-refractivity contribution in [3.05, 3.63) is 23.8 Å². The van der Waals surface area contributed by atoms with Crippen LogP contribution in [0, 0.1) is 5.41 Å². The van der Waals surface area contributed by atoms with Gasteiger partial charge >= 0.3 is 0 Å². The second-order valence-corrected chi connectivity index (χ2v) is 5.90. The molecule has 1 amide bonds. The molecular formula is C16H25N3O2. The highest BCUT2D eigenvalue weighted by atomic mass is 16.5. The summed E-state index contributed by atoms with van der Waals surface area (Å²) in [5.74, 6) is 0.989. The number of carbonyl (C=O) groups excluding carboxylic acids is 1. The Labute approximate surface area is 126 Å². The number of anilines is 1. The third-order valence-electron chi connectivity index (χ3n) is 4.11. The minimum atomic E-state index is -0.305. The van der Waals surface area contributed by atoms with Gasteiger partial charge in [0.1, 0.15) is 5.75 Å². The SMILES string of the molecule is CCOc1ccc(N)cc1CN1CCC(C)(C(=O)NC)C1. The van der Waals surface area contributed by atoms with E-state index in [4.69, 9.17) is 10.5 Å². The lowest BCUT2D eigenvalue weighted by Gasteiger charge is -2.23. The predicted molar refractivity (Wildman–Crippen MR) is 84.1 cm³/mol. The zero-order valence-electron chi connectivity index (χ0n) is 13.1. The molecule has 1 saturated heterocycles. The molecule has 116 valence electrons. The number of nitrogens with one attached hydrogen (secondary N) is 1. The maximum absolute atomic E-state index is 12.0. The fraction of sp³-hybridized carbons (Fsp3) is 0.562. The maximum Gasteiger partial charge on any atom is 0.227 e. The minimum Gasteiger partial charge on any atom is -0.494 e. The smallest absolute Gasteiger partial charge is 0.227 e. The molecule has 5 nitrogen and oxygen atoms in total. The van der Waals surface area contributed by atoms with Gasteiger partial charge < -0.3 is 15.8 Å². The van der Waals surface area contributed by atoms with Gasteiger partial charge in [-0.25, -0.2) is 0 Å². The predicted octanol–water partition coefficient (Wildman–Crippen LogP) is 1.63. The molecule has 1 aliphatic rings. The molecule has 0 bridgehead atoms. The van der Waals surface area contributed by atoms with E-state index in [2.05, 4.69) is 10.2 Å². The fourth-order valence-electron chi connectivity index (χ4n) is 2.94. The summed E-state index contributed by atoms with van der Waals surface area (Å²) in [4.78, 5) is 14.3. The number of likely N-dealkylation sites (tertiary alicyclic amines) is 1. The molecule has 3 N–H and O–H groups in total. The van der Waals surface area contributed by atoms with Crippen molar-refractivity contribution in [2.24, 2.45) is 5.41 Å². The van der Waals surface area contributed by atoms with Crippen molar-refractivity contribution in [3.8, 4) is 5.75 Å². The Balaban J connectivity index is 2.09. The maximum atomic E-state index is 12.0. The van der Waals surface area contributed by atoms with Gasteiger partial charge in [-0.2, -0.15) is 0 Å². The number of benzene rings is 1. The molecule has 0 saturated carbocycles. The van der Waals surface area contributed by atoms with E-state index in [0.717, 1.165) is 43.1 Å². The standard InChI is InChI=1S/C16H25N3O2/c1-4-21-14-6-5-13(17)9-12(14)10-19-8-7-16(2,11-19)15(20)18-3/h5-6,9H,4,7-8,10-11,17H2,1-3H3,(H,18,20). The molecule has 21 heavy (non-hydrogen) atoms. The molecule has 0 radical (unpaired) electrons. The molecule has 1 fully saturated rings. The van der Waals surface area contributed by atoms with Gasteiger partial charge in [-0.3, -0.25) is 9.69 Å². The van der Waals surface area contributed by atoms with Crippen molar-refractivity contribution in [3.63, 3.8) is 0 Å². The number of ether oxygens (including phenoxy) is 1. The largest absolute Gasteiger partial charge is 0.494 e. The lowest BCUT2D eigenvalue weighted by Crippen LogP contribution is -2.39. The Kier molecular flexibility index (Phi) is 4.73. The number of hydrogen-bond donors (Lipinski definition) is 2. The number of nitrogens with two attached hydrogens (primary N) is 1. The summed E-state index contributed by atoms with van der Waals surface area (Å²) in [7, 11) is 1.70. The Morgan fingerprint density at radius 1 is 1.52 bits per heavy atom. The van der Waals surface area contributed by atoms with Gasteiger partial charge in [0.25, 0.3) is 0 Å². The van der Waals surface area contributed by atoms with Crippen LogP contribution in [0.4, 0.5) is 5.69 Å². The van der Waals surface area contributed by atoms with E-state index in [1.54, 1.807) is 7.05 Å². The van der Waals surface area contributed by atoms with Crippen LogP contribution in [0.15, 0.2) is 18.2 Å². The van der Waals surface area contributed by atoms with Gasteiger partial charge in [0.2, 0.25) is 5.91 Å². The topological polar surface area (TPSA) is 67.6 Å². The number of rotatable bonds is 5. The van der Waals surface area contributed by atoms with Crippen molar-refractivity contribution in [1.29, 1.82) is 0 Å². The third-order valence-corrected chi connectivity index (χ3v) is 4.11. The lowest BCUT2D eigenvalue weighted by molar-refractivity contribution is -0.129. The van der Waals surface area contributed by atoms with Crippen LogP contribution in [0.1, 0.15) is 25.8 Å². The van der Waals surface area contributed by atoms with Gasteiger partial charge in [0.15, 0.2) is 0 Å². The van der Waals surface area contributed by atoms with Crippen molar-refractivity contribution in [2.45, 2.75) is 26.8 Å². The van der Waals surface area contributed by atoms with E-state index in [1.807, 2.05) is 32.0 Å². The summed E-state index contributed by atoms with van der Waals surface area (Å²) < 4.78 is 5.66. The third kappa shape index (κ3) is 3.47. The molecule has 1 atom stereocenters. The minimum absolute atomic E-state index is 0.114. The molecular weight excluding hydrogens is 266 g/mol. The Morgan fingerprint density at radius 2 is 2.29 bits per heavy atom. The highest BCUT2D eigenvalue weighted by molar-refractivity contribution is 5.82. The van der Waals surface area contributed by atoms with Crippen molar-refractivity contribution in [1.82, 2.24) is 10.2 Å². The zero-order valence-corrected chi connectivity index (χ0v) is 13.1. The number of amides is 1. The van der Waals surface area contributed by atoms with Crippen LogP contribution in [0.25, 0.3) is 0 Å². The highest BCUT2D eigenvalue weighted by Gasteiger charge is 2.39. The highest BCUT2D eigenvalue weighted by Crippen LogP contribution is 2.32. The summed E-state index contributed by atoms with van der Waals surface area (Å²) in [6, 6.07) is 5.73. The van der Waals surface area contributed by atoms with Crippen molar-refractivity contribution >= 4 is 11.6 Å². The Bertz CT molecular complexity index is 518. The zero-order chi connectivity index (χ0) is 15.5. The van der Waals surface area contributed by atoms with E-state index >= 15 is 0 Å². The van der Waals surface area contributed by atoms with E-state index in [1.165, 1.54) is 0 Å². The van der Waals surface area contributed by atoms with Gasteiger partial charge in [-0.05, 0) is 45.0 Å².